The van der Waals surface area contributed by atoms with Crippen molar-refractivity contribution in [3.63, 3.8) is 0 Å². The van der Waals surface area contributed by atoms with Gasteiger partial charge in [-0.2, -0.15) is 0 Å². The highest BCUT2D eigenvalue weighted by Gasteiger charge is 2.76. The maximum Gasteiger partial charge on any atom is 0.421 e. The van der Waals surface area contributed by atoms with Gasteiger partial charge in [0.2, 0.25) is 11.8 Å². The first-order valence-electron chi connectivity index (χ1n) is 21.2. The molecule has 7 rings (SSSR count). The number of hydrogen-bond donors (Lipinski definition) is 2. The van der Waals surface area contributed by atoms with Crippen molar-refractivity contribution in [2.24, 2.45) is 11.8 Å². The van der Waals surface area contributed by atoms with Crippen LogP contribution in [0, 0.1) is 23.7 Å². The maximum absolute atomic E-state index is 16.2. The van der Waals surface area contributed by atoms with Gasteiger partial charge in [-0.25, -0.2) is 9.69 Å². The number of para-hydroxylation sites is 1. The molecule has 66 heavy (non-hydrogen) atoms. The molecular weight excluding hydrogens is 851 g/mol. The summed E-state index contributed by atoms with van der Waals surface area (Å²) in [6, 6.07) is 26.1. The number of nitrogens with zero attached hydrogens (tertiary/aromatic N) is 2. The number of aliphatic hydroxyl groups excluding tert-OH is 1. The van der Waals surface area contributed by atoms with Crippen LogP contribution in [0.15, 0.2) is 116 Å². The van der Waals surface area contributed by atoms with E-state index in [1.807, 2.05) is 65.6 Å². The van der Waals surface area contributed by atoms with Gasteiger partial charge in [-0.05, 0) is 41.0 Å². The minimum absolute atomic E-state index is 0.00451. The lowest BCUT2D eigenvalue weighted by atomic mass is 9.65. The number of esters is 3. The molecule has 3 aliphatic heterocycles. The van der Waals surface area contributed by atoms with Gasteiger partial charge in [0, 0.05) is 31.2 Å². The van der Waals surface area contributed by atoms with Crippen LogP contribution in [-0.2, 0) is 53.1 Å². The highest BCUT2D eigenvalue weighted by molar-refractivity contribution is 6.23. The Bertz CT molecular complexity index is 2520. The number of ether oxygens (including phenoxy) is 6. The lowest BCUT2D eigenvalue weighted by Gasteiger charge is -2.46. The van der Waals surface area contributed by atoms with Crippen molar-refractivity contribution < 1.29 is 62.3 Å². The second kappa shape index (κ2) is 20.7. The van der Waals surface area contributed by atoms with E-state index in [1.165, 1.54) is 25.3 Å². The molecule has 4 aromatic carbocycles. The van der Waals surface area contributed by atoms with Gasteiger partial charge in [-0.15, -0.1) is 6.58 Å². The van der Waals surface area contributed by atoms with Crippen LogP contribution in [-0.4, -0.2) is 106 Å². The van der Waals surface area contributed by atoms with Crippen molar-refractivity contribution in [1.29, 1.82) is 0 Å². The molecule has 0 bridgehead atoms. The molecule has 3 heterocycles. The Kier molecular flexibility index (Phi) is 14.6. The minimum atomic E-state index is -2.18. The molecule has 0 aromatic heterocycles. The molecule has 2 N–H and O–H groups in total. The van der Waals surface area contributed by atoms with Gasteiger partial charge < -0.3 is 38.8 Å². The number of amides is 3. The highest BCUT2D eigenvalue weighted by Crippen LogP contribution is 2.66. The van der Waals surface area contributed by atoms with E-state index < -0.39 is 77.3 Å². The fourth-order valence-electron chi connectivity index (χ4n) is 9.29. The Morgan fingerprint density at radius 3 is 2.18 bits per heavy atom. The number of anilines is 1. The van der Waals surface area contributed by atoms with E-state index in [4.69, 9.17) is 28.4 Å². The Hall–Kier alpha value is -7.32. The number of fused-ring (bicyclic) bond motifs is 3. The first-order valence-corrected chi connectivity index (χ1v) is 21.2. The number of carbonyl (C=O) groups excluding carboxylic acids is 6. The maximum atomic E-state index is 16.2. The van der Waals surface area contributed by atoms with Gasteiger partial charge in [0.15, 0.2) is 5.92 Å². The normalized spacial score (nSPS) is 21.8. The largest absolute Gasteiger partial charge is 0.491 e. The van der Waals surface area contributed by atoms with E-state index in [0.29, 0.717) is 16.7 Å². The highest BCUT2D eigenvalue weighted by atomic mass is 16.6. The summed E-state index contributed by atoms with van der Waals surface area (Å²) < 4.78 is 33.1. The van der Waals surface area contributed by atoms with Crippen LogP contribution in [0.2, 0.25) is 0 Å². The molecule has 2 saturated heterocycles. The molecule has 0 aliphatic carbocycles. The summed E-state index contributed by atoms with van der Waals surface area (Å²) in [7, 11) is 3.69. The van der Waals surface area contributed by atoms with Crippen LogP contribution in [0.3, 0.4) is 0 Å². The molecule has 6 atom stereocenters. The number of rotatable bonds is 15. The number of hydrogen-bond acceptors (Lipinski definition) is 14. The Balaban J connectivity index is 1.58. The van der Waals surface area contributed by atoms with E-state index >= 15 is 14.4 Å². The minimum Gasteiger partial charge on any atom is -0.491 e. The zero-order valence-corrected chi connectivity index (χ0v) is 36.5. The average molecular weight is 900 g/mol. The number of methoxy groups -OCH3 is 3. The smallest absolute Gasteiger partial charge is 0.421 e. The van der Waals surface area contributed by atoms with E-state index in [2.05, 4.69) is 23.7 Å². The quantitative estimate of drug-likeness (QED) is 0.0422. The number of benzene rings is 4. The second-order valence-electron chi connectivity index (χ2n) is 15.5. The van der Waals surface area contributed by atoms with Crippen molar-refractivity contribution in [1.82, 2.24) is 10.2 Å². The zero-order chi connectivity index (χ0) is 47.0. The number of carbonyl (C=O) groups is 6. The van der Waals surface area contributed by atoms with Crippen molar-refractivity contribution in [2.45, 2.75) is 36.1 Å². The molecule has 6 unspecified atom stereocenters. The molecule has 3 amide bonds. The summed E-state index contributed by atoms with van der Waals surface area (Å²) >= 11 is 0. The topological polar surface area (TPSA) is 197 Å². The number of morpholine rings is 1. The third kappa shape index (κ3) is 8.51. The van der Waals surface area contributed by atoms with E-state index in [0.717, 1.165) is 19.1 Å². The molecule has 2 fully saturated rings. The molecule has 342 valence electrons. The standard InChI is InChI=1S/C50H49N3O13/c1-5-25-51-44(55)39-41-47(58)66-42(33-18-10-7-11-19-33)40(32-16-8-6-9-17-32)53(41)43(34-20-12-13-22-38(34)64-27-26-54)50(39)36-30-31(15-14-21-35(45(56)62-3)46(57)63-4)23-24-37(36)52(48(50)59)49(60)65-29-28-61-2/h5-13,16-20,22-24,30,35,39-43,54H,1,21,25-29H2,2-4H3,(H,51,55). The molecule has 0 radical (unpaired) electrons. The number of cyclic esters (lactones) is 1. The van der Waals surface area contributed by atoms with Crippen molar-refractivity contribution >= 4 is 41.5 Å². The van der Waals surface area contributed by atoms with Crippen LogP contribution in [0.1, 0.15) is 52.4 Å². The molecular formula is C50H49N3O13. The molecule has 0 saturated carbocycles. The van der Waals surface area contributed by atoms with E-state index in [9.17, 15) is 19.5 Å². The Labute approximate surface area is 381 Å². The van der Waals surface area contributed by atoms with Gasteiger partial charge in [0.1, 0.15) is 36.5 Å². The lowest BCUT2D eigenvalue weighted by molar-refractivity contribution is -0.178. The Morgan fingerprint density at radius 2 is 1.53 bits per heavy atom. The molecule has 4 aromatic rings. The fraction of sp³-hybridized carbons (Fsp3) is 0.320. The van der Waals surface area contributed by atoms with Crippen LogP contribution in [0.5, 0.6) is 5.75 Å². The molecule has 1 spiro atoms. The zero-order valence-electron chi connectivity index (χ0n) is 36.5. The Morgan fingerprint density at radius 1 is 0.864 bits per heavy atom. The summed E-state index contributed by atoms with van der Waals surface area (Å²) in [4.78, 5) is 88.9. The summed E-state index contributed by atoms with van der Waals surface area (Å²) in [5.74, 6) is -1.08. The van der Waals surface area contributed by atoms with Crippen LogP contribution in [0.4, 0.5) is 10.5 Å². The van der Waals surface area contributed by atoms with Crippen molar-refractivity contribution in [3.8, 4) is 17.6 Å². The number of aliphatic hydroxyl groups is 1. The molecule has 16 nitrogen and oxygen atoms in total. The third-order valence-electron chi connectivity index (χ3n) is 11.9. The van der Waals surface area contributed by atoms with Crippen LogP contribution < -0.4 is 15.0 Å². The van der Waals surface area contributed by atoms with Gasteiger partial charge in [-0.1, -0.05) is 96.8 Å². The average Bonchev–Trinajstić information content (AvgIpc) is 3.80. The first kappa shape index (κ1) is 46.7. The summed E-state index contributed by atoms with van der Waals surface area (Å²) in [5.41, 5.74) is -0.0943. The monoisotopic (exact) mass is 899 g/mol. The summed E-state index contributed by atoms with van der Waals surface area (Å²) in [6.07, 6.45) is -0.906. The first-order chi connectivity index (χ1) is 32.1. The second-order valence-corrected chi connectivity index (χ2v) is 15.5. The van der Waals surface area contributed by atoms with E-state index in [1.54, 1.807) is 30.3 Å². The predicted molar refractivity (Wildman–Crippen MR) is 236 cm³/mol. The SMILES string of the molecule is C=CCNC(=O)C1C2C(=O)OC(c3ccccc3)C(c3ccccc3)N2C(c2ccccc2OCCO)C12C(=O)N(C(=O)OCCOC)c1ccc(C#CCC(C(=O)OC)C(=O)OC)cc12. The third-order valence-corrected chi connectivity index (χ3v) is 11.9. The van der Waals surface area contributed by atoms with Crippen LogP contribution >= 0.6 is 0 Å². The van der Waals surface area contributed by atoms with Crippen molar-refractivity contribution in [3.05, 3.63) is 144 Å². The summed E-state index contributed by atoms with van der Waals surface area (Å²) in [6.45, 7) is 2.98. The van der Waals surface area contributed by atoms with Gasteiger partial charge in [-0.3, -0.25) is 28.9 Å². The lowest BCUT2D eigenvalue weighted by Crippen LogP contribution is -2.55. The van der Waals surface area contributed by atoms with Gasteiger partial charge in [0.25, 0.3) is 0 Å². The summed E-state index contributed by atoms with van der Waals surface area (Å²) in [5, 5.41) is 12.9. The van der Waals surface area contributed by atoms with Crippen molar-refractivity contribution in [2.75, 3.05) is 59.2 Å². The van der Waals surface area contributed by atoms with E-state index in [-0.39, 0.29) is 62.0 Å². The van der Waals surface area contributed by atoms with Gasteiger partial charge in [0.05, 0.1) is 51.1 Å². The number of nitrogens with one attached hydrogen (secondary N) is 1. The molecule has 16 heteroatoms. The number of imide groups is 1. The fourth-order valence-corrected chi connectivity index (χ4v) is 9.29. The molecule has 3 aliphatic rings. The van der Waals surface area contributed by atoms with Crippen LogP contribution in [0.25, 0.3) is 0 Å². The van der Waals surface area contributed by atoms with Gasteiger partial charge >= 0.3 is 24.0 Å². The predicted octanol–water partition coefficient (Wildman–Crippen LogP) is 4.51.